The summed E-state index contributed by atoms with van der Waals surface area (Å²) in [7, 11) is 0. The summed E-state index contributed by atoms with van der Waals surface area (Å²) in [4.78, 5) is 48.9. The molecule has 0 rings (SSSR count). The second kappa shape index (κ2) is 20.8. The molecule has 16 heteroatoms. The van der Waals surface area contributed by atoms with Gasteiger partial charge in [-0.2, -0.15) is 0 Å². The predicted octanol–water partition coefficient (Wildman–Crippen LogP) is -5.14. The normalized spacial score (nSPS) is 13.2. The lowest BCUT2D eigenvalue weighted by Gasteiger charge is -2.06. The number of carbonyl (C=O) groups excluding carboxylic acids is 1. The number of primary amides is 1. The Kier molecular flexibility index (Phi) is 24.0. The van der Waals surface area contributed by atoms with Gasteiger partial charge in [-0.3, -0.25) is 24.0 Å². The highest BCUT2D eigenvalue weighted by molar-refractivity contribution is 5.77. The average molecular weight is 445 g/mol. The minimum Gasteiger partial charge on any atom is -0.480 e. The summed E-state index contributed by atoms with van der Waals surface area (Å²) in [6.07, 6.45) is -0.856. The first-order valence-electron chi connectivity index (χ1n) is 7.99. The van der Waals surface area contributed by atoms with Gasteiger partial charge in [0.1, 0.15) is 18.1 Å². The number of hydrogen-bond donors (Lipinski definition) is 11. The number of rotatable bonds is 9. The van der Waals surface area contributed by atoms with Crippen molar-refractivity contribution in [1.82, 2.24) is 0 Å². The van der Waals surface area contributed by atoms with Crippen LogP contribution in [0.4, 0.5) is 0 Å². The van der Waals surface area contributed by atoms with Crippen molar-refractivity contribution in [2.45, 2.75) is 44.0 Å². The van der Waals surface area contributed by atoms with E-state index in [1.807, 2.05) is 0 Å². The van der Waals surface area contributed by atoms with Crippen molar-refractivity contribution in [3.05, 3.63) is 0 Å². The van der Waals surface area contributed by atoms with E-state index in [9.17, 15) is 24.0 Å². The van der Waals surface area contributed by atoms with Crippen LogP contribution in [0, 0.1) is 0 Å². The zero-order chi connectivity index (χ0) is 25.0. The molecule has 0 radical (unpaired) electrons. The Morgan fingerprint density at radius 3 is 1.30 bits per heavy atom. The van der Waals surface area contributed by atoms with Crippen LogP contribution in [0.25, 0.3) is 0 Å². The van der Waals surface area contributed by atoms with E-state index in [2.05, 4.69) is 5.73 Å². The van der Waals surface area contributed by atoms with E-state index < -0.39 is 60.6 Å². The molecule has 0 bridgehead atoms. The summed E-state index contributed by atoms with van der Waals surface area (Å²) in [5.74, 6) is -4.97. The first kappa shape index (κ1) is 34.6. The number of aliphatic carboxylic acids is 4. The maximum atomic E-state index is 10.1. The van der Waals surface area contributed by atoms with Gasteiger partial charge in [-0.15, -0.1) is 0 Å². The fraction of sp³-hybridized carbons (Fsp3) is 0.643. The van der Waals surface area contributed by atoms with Crippen LogP contribution in [0.1, 0.15) is 19.8 Å². The maximum Gasteiger partial charge on any atom is 0.323 e. The molecular weight excluding hydrogens is 414 g/mol. The van der Waals surface area contributed by atoms with Crippen LogP contribution in [-0.4, -0.2) is 97.8 Å². The number of nitrogens with two attached hydrogens (primary N) is 5. The van der Waals surface area contributed by atoms with Crippen LogP contribution >= 0.6 is 0 Å². The maximum absolute atomic E-state index is 10.1. The molecule has 0 aliphatic carbocycles. The van der Waals surface area contributed by atoms with Gasteiger partial charge in [0.2, 0.25) is 5.91 Å². The molecule has 0 aliphatic heterocycles. The fourth-order valence-electron chi connectivity index (χ4n) is 0.706. The molecule has 0 aromatic rings. The standard InChI is InChI=1S/C5H10N2O3.C4H9NO3.C3H7NO3.C2H5NO2/c6-3(5(9)10)1-2-4(7)8;1-2(6)3(5)4(7)8;4-2(1-5)3(6)7;3-1-2(4)5/h3H,1-2,6H2,(H2,7,8)(H,9,10);2-3,6H,5H2,1H3,(H,7,8);2,5H,1,4H2,(H,6,7);1,3H2,(H,4,5). The molecule has 30 heavy (non-hydrogen) atoms. The van der Waals surface area contributed by atoms with E-state index in [1.165, 1.54) is 6.92 Å². The van der Waals surface area contributed by atoms with E-state index in [1.54, 1.807) is 0 Å². The summed E-state index contributed by atoms with van der Waals surface area (Å²) in [6, 6.07) is -3.26. The number of amides is 1. The highest BCUT2D eigenvalue weighted by Gasteiger charge is 2.16. The van der Waals surface area contributed by atoms with Gasteiger partial charge >= 0.3 is 23.9 Å². The van der Waals surface area contributed by atoms with Crippen LogP contribution in [0.15, 0.2) is 0 Å². The minimum absolute atomic E-state index is 0.0213. The molecule has 4 atom stereocenters. The van der Waals surface area contributed by atoms with Crippen LogP contribution < -0.4 is 28.7 Å². The van der Waals surface area contributed by atoms with Crippen molar-refractivity contribution >= 4 is 29.8 Å². The molecule has 1 amide bonds. The molecule has 0 aliphatic rings. The van der Waals surface area contributed by atoms with Crippen molar-refractivity contribution in [3.63, 3.8) is 0 Å². The zero-order valence-corrected chi connectivity index (χ0v) is 16.2. The van der Waals surface area contributed by atoms with Crippen molar-refractivity contribution < 1.29 is 54.6 Å². The molecule has 0 fully saturated rings. The Labute approximate surface area is 171 Å². The first-order valence-corrected chi connectivity index (χ1v) is 7.99. The Hall–Kier alpha value is -2.89. The van der Waals surface area contributed by atoms with Gasteiger partial charge in [0.15, 0.2) is 0 Å². The number of carboxylic acids is 4. The molecule has 4 unspecified atom stereocenters. The molecule has 0 saturated carbocycles. The van der Waals surface area contributed by atoms with Crippen LogP contribution in [0.5, 0.6) is 0 Å². The SMILES string of the molecule is CC(O)C(N)C(=O)O.NC(=O)CCC(N)C(=O)O.NC(CO)C(=O)O.NCC(=O)O. The van der Waals surface area contributed by atoms with E-state index in [0.717, 1.165) is 0 Å². The zero-order valence-electron chi connectivity index (χ0n) is 16.2. The van der Waals surface area contributed by atoms with E-state index in [4.69, 9.17) is 53.6 Å². The third-order valence-electron chi connectivity index (χ3n) is 2.51. The Morgan fingerprint density at radius 1 is 0.833 bits per heavy atom. The molecule has 0 saturated heterocycles. The second-order valence-electron chi connectivity index (χ2n) is 5.28. The summed E-state index contributed by atoms with van der Waals surface area (Å²) in [5, 5.41) is 48.3. The largest absolute Gasteiger partial charge is 0.480 e. The first-order chi connectivity index (χ1) is 13.5. The number of aliphatic hydroxyl groups is 2. The van der Waals surface area contributed by atoms with Crippen molar-refractivity contribution in [1.29, 1.82) is 0 Å². The molecule has 0 aromatic carbocycles. The van der Waals surface area contributed by atoms with E-state index in [-0.39, 0.29) is 19.4 Å². The highest BCUT2D eigenvalue weighted by atomic mass is 16.4. The van der Waals surface area contributed by atoms with Crippen LogP contribution in [0.2, 0.25) is 0 Å². The van der Waals surface area contributed by atoms with Crippen molar-refractivity contribution in [2.75, 3.05) is 13.2 Å². The van der Waals surface area contributed by atoms with Gasteiger partial charge in [-0.1, -0.05) is 0 Å². The van der Waals surface area contributed by atoms with Crippen LogP contribution in [-0.2, 0) is 24.0 Å². The summed E-state index contributed by atoms with van der Waals surface area (Å²) in [5.41, 5.74) is 24.1. The fourth-order valence-corrected chi connectivity index (χ4v) is 0.706. The van der Waals surface area contributed by atoms with Gasteiger partial charge in [0, 0.05) is 6.42 Å². The molecule has 0 spiro atoms. The summed E-state index contributed by atoms with van der Waals surface area (Å²) >= 11 is 0. The van der Waals surface area contributed by atoms with Gasteiger partial charge in [-0.05, 0) is 13.3 Å². The third kappa shape index (κ3) is 29.9. The summed E-state index contributed by atoms with van der Waals surface area (Å²) < 4.78 is 0. The second-order valence-corrected chi connectivity index (χ2v) is 5.28. The number of carboxylic acid groups (broad SMARTS) is 4. The smallest absolute Gasteiger partial charge is 0.323 e. The monoisotopic (exact) mass is 445 g/mol. The minimum atomic E-state index is -1.18. The lowest BCUT2D eigenvalue weighted by atomic mass is 10.2. The Balaban J connectivity index is -0.000000155. The van der Waals surface area contributed by atoms with E-state index >= 15 is 0 Å². The van der Waals surface area contributed by atoms with Gasteiger partial charge in [0.25, 0.3) is 0 Å². The quantitative estimate of drug-likeness (QED) is 0.158. The Morgan fingerprint density at radius 2 is 1.20 bits per heavy atom. The average Bonchev–Trinajstić information content (AvgIpc) is 2.65. The van der Waals surface area contributed by atoms with Gasteiger partial charge in [0.05, 0.1) is 19.3 Å². The lowest BCUT2D eigenvalue weighted by Crippen LogP contribution is -2.39. The third-order valence-corrected chi connectivity index (χ3v) is 2.51. The molecule has 178 valence electrons. The predicted molar refractivity (Wildman–Crippen MR) is 101 cm³/mol. The number of carbonyl (C=O) groups is 5. The van der Waals surface area contributed by atoms with Crippen LogP contribution in [0.3, 0.4) is 0 Å². The molecule has 16 nitrogen and oxygen atoms in total. The lowest BCUT2D eigenvalue weighted by molar-refractivity contribution is -0.141. The van der Waals surface area contributed by atoms with Gasteiger partial charge in [-0.25, -0.2) is 0 Å². The highest BCUT2D eigenvalue weighted by Crippen LogP contribution is 1.92. The van der Waals surface area contributed by atoms with Crippen molar-refractivity contribution in [2.24, 2.45) is 28.7 Å². The summed E-state index contributed by atoms with van der Waals surface area (Å²) in [6.45, 7) is 0.550. The van der Waals surface area contributed by atoms with Gasteiger partial charge < -0.3 is 59.3 Å². The number of hydrogen-bond acceptors (Lipinski definition) is 11. The van der Waals surface area contributed by atoms with E-state index in [0.29, 0.717) is 0 Å². The number of aliphatic hydroxyl groups excluding tert-OH is 2. The topological polar surface area (TPSA) is 337 Å². The molecular formula is C14H31N5O11. The Bertz CT molecular complexity index is 530. The molecule has 0 heterocycles. The van der Waals surface area contributed by atoms with Crippen molar-refractivity contribution in [3.8, 4) is 0 Å². The molecule has 16 N–H and O–H groups in total. The molecule has 0 aromatic heterocycles.